The van der Waals surface area contributed by atoms with Crippen molar-refractivity contribution in [2.75, 3.05) is 6.54 Å². The van der Waals surface area contributed by atoms with Crippen LogP contribution in [0.4, 0.5) is 0 Å². The summed E-state index contributed by atoms with van der Waals surface area (Å²) in [6, 6.07) is 18.4. The van der Waals surface area contributed by atoms with Crippen molar-refractivity contribution in [1.82, 2.24) is 9.88 Å². The van der Waals surface area contributed by atoms with Gasteiger partial charge in [0.15, 0.2) is 0 Å². The number of carbonyl (C=O) groups excluding carboxylic acids is 1. The number of hydrogen-bond donors (Lipinski definition) is 0. The Morgan fingerprint density at radius 2 is 2.06 bits per heavy atom. The molecule has 0 amide bonds. The Labute approximate surface area is 187 Å². The van der Waals surface area contributed by atoms with Gasteiger partial charge >= 0.3 is 0 Å². The maximum Gasteiger partial charge on any atom is 0.248 e. The summed E-state index contributed by atoms with van der Waals surface area (Å²) >= 11 is 5.68. The van der Waals surface area contributed by atoms with Crippen molar-refractivity contribution in [1.29, 1.82) is 0 Å². The van der Waals surface area contributed by atoms with Gasteiger partial charge in [-0.05, 0) is 83.9 Å². The maximum absolute atomic E-state index is 11.5. The van der Waals surface area contributed by atoms with Crippen LogP contribution in [-0.2, 0) is 17.8 Å². The summed E-state index contributed by atoms with van der Waals surface area (Å²) < 4.78 is 6.07. The second-order valence-electron chi connectivity index (χ2n) is 8.52. The molecule has 2 heterocycles. The van der Waals surface area contributed by atoms with E-state index in [1.54, 1.807) is 0 Å². The van der Waals surface area contributed by atoms with E-state index < -0.39 is 0 Å². The van der Waals surface area contributed by atoms with E-state index in [1.807, 2.05) is 36.5 Å². The van der Waals surface area contributed by atoms with Gasteiger partial charge in [-0.15, -0.1) is 0 Å². The molecule has 5 heteroatoms. The Morgan fingerprint density at radius 1 is 1.19 bits per heavy atom. The van der Waals surface area contributed by atoms with Gasteiger partial charge in [0, 0.05) is 11.9 Å². The first-order valence-electron chi connectivity index (χ1n) is 10.8. The minimum atomic E-state index is -0.297. The normalized spacial score (nSPS) is 22.1. The van der Waals surface area contributed by atoms with Crippen molar-refractivity contribution in [2.24, 2.45) is 5.92 Å². The highest BCUT2D eigenvalue weighted by molar-refractivity contribution is 6.65. The number of hydrogen-bond acceptors (Lipinski definition) is 4. The lowest BCUT2D eigenvalue weighted by Crippen LogP contribution is -2.44. The summed E-state index contributed by atoms with van der Waals surface area (Å²) in [7, 11) is 0. The monoisotopic (exact) mass is 432 g/mol. The maximum atomic E-state index is 11.5. The lowest BCUT2D eigenvalue weighted by molar-refractivity contribution is -0.115. The highest BCUT2D eigenvalue weighted by Gasteiger charge is 2.32. The number of para-hydroxylation sites is 1. The summed E-state index contributed by atoms with van der Waals surface area (Å²) in [6.07, 6.45) is 5.96. The molecule has 0 saturated carbocycles. The van der Waals surface area contributed by atoms with E-state index in [9.17, 15) is 4.79 Å². The third kappa shape index (κ3) is 4.05. The molecule has 0 bridgehead atoms. The first-order chi connectivity index (χ1) is 15.1. The smallest absolute Gasteiger partial charge is 0.248 e. The lowest BCUT2D eigenvalue weighted by Gasteiger charge is -2.40. The van der Waals surface area contributed by atoms with Crippen LogP contribution in [0, 0.1) is 5.92 Å². The van der Waals surface area contributed by atoms with Crippen LogP contribution >= 0.6 is 11.6 Å². The van der Waals surface area contributed by atoms with Crippen LogP contribution in [0.1, 0.15) is 36.1 Å². The van der Waals surface area contributed by atoms with Crippen LogP contribution in [0.2, 0.25) is 0 Å². The van der Waals surface area contributed by atoms with E-state index in [1.165, 1.54) is 11.1 Å². The molecule has 0 radical (unpaired) electrons. The Morgan fingerprint density at radius 3 is 2.87 bits per heavy atom. The van der Waals surface area contributed by atoms with Crippen molar-refractivity contribution in [2.45, 2.75) is 38.3 Å². The molecular formula is C26H25ClN2O2. The molecule has 0 fully saturated rings. The molecule has 4 nitrogen and oxygen atoms in total. The van der Waals surface area contributed by atoms with Gasteiger partial charge < -0.3 is 9.64 Å². The summed E-state index contributed by atoms with van der Waals surface area (Å²) in [6.45, 7) is 3.60. The van der Waals surface area contributed by atoms with Gasteiger partial charge in [0.05, 0.1) is 11.2 Å². The minimum absolute atomic E-state index is 0.255. The molecule has 158 valence electrons. The average Bonchev–Trinajstić information content (AvgIpc) is 2.76. The van der Waals surface area contributed by atoms with E-state index in [0.717, 1.165) is 41.7 Å². The summed E-state index contributed by atoms with van der Waals surface area (Å²) in [5, 5.41) is 0.841. The highest BCUT2D eigenvalue weighted by Crippen LogP contribution is 2.39. The molecule has 5 rings (SSSR count). The standard InChI is InChI=1S/C26H25ClN2O2/c1-17-20(15-29-13-12-25(29)26(27)30)7-6-19-14-22(10-11-23(17)19)31-16-21-9-8-18-4-2-3-5-24(18)28-21/h2-5,8-14,17,20,25H,6-7,15-16H2,1H3. The number of aromatic nitrogens is 1. The Bertz CT molecular complexity index is 1160. The first-order valence-corrected chi connectivity index (χ1v) is 11.2. The second-order valence-corrected chi connectivity index (χ2v) is 8.89. The van der Waals surface area contributed by atoms with Crippen molar-refractivity contribution < 1.29 is 9.53 Å². The fourth-order valence-electron chi connectivity index (χ4n) is 4.72. The number of aryl methyl sites for hydroxylation is 1. The molecule has 1 aromatic heterocycles. The average molecular weight is 433 g/mol. The van der Waals surface area contributed by atoms with Crippen LogP contribution in [0.15, 0.2) is 66.9 Å². The van der Waals surface area contributed by atoms with Crippen molar-refractivity contribution in [3.05, 3.63) is 83.7 Å². The zero-order valence-corrected chi connectivity index (χ0v) is 18.3. The first kappa shape index (κ1) is 20.1. The second kappa shape index (κ2) is 8.35. The molecule has 3 unspecified atom stereocenters. The molecule has 1 aliphatic carbocycles. The van der Waals surface area contributed by atoms with E-state index in [2.05, 4.69) is 42.2 Å². The number of pyridine rings is 1. The molecule has 31 heavy (non-hydrogen) atoms. The number of carbonyl (C=O) groups is 1. The van der Waals surface area contributed by atoms with E-state index in [0.29, 0.717) is 18.4 Å². The Balaban J connectivity index is 1.24. The SMILES string of the molecule is CC1c2ccc(OCc3ccc4ccccc4n3)cc2CCC1CN1C=CC1C(=O)Cl. The molecule has 2 aliphatic rings. The number of nitrogens with zero attached hydrogens (tertiary/aromatic N) is 2. The number of halogens is 1. The molecule has 3 aromatic rings. The number of fused-ring (bicyclic) bond motifs is 2. The third-order valence-corrected chi connectivity index (χ3v) is 6.86. The molecule has 2 aromatic carbocycles. The Hall–Kier alpha value is -2.85. The van der Waals surface area contributed by atoms with Crippen molar-refractivity contribution in [3.8, 4) is 5.75 Å². The van der Waals surface area contributed by atoms with Crippen molar-refractivity contribution >= 4 is 27.7 Å². The molecule has 0 N–H and O–H groups in total. The highest BCUT2D eigenvalue weighted by atomic mass is 35.5. The Kier molecular flexibility index (Phi) is 5.41. The zero-order chi connectivity index (χ0) is 21.4. The third-order valence-electron chi connectivity index (χ3n) is 6.63. The van der Waals surface area contributed by atoms with Gasteiger partial charge in [-0.2, -0.15) is 0 Å². The summed E-state index contributed by atoms with van der Waals surface area (Å²) in [4.78, 5) is 18.2. The molecule has 0 saturated heterocycles. The van der Waals surface area contributed by atoms with Crippen molar-refractivity contribution in [3.63, 3.8) is 0 Å². The fourth-order valence-corrected chi connectivity index (χ4v) is 4.92. The topological polar surface area (TPSA) is 42.4 Å². The quantitative estimate of drug-likeness (QED) is 0.486. The van der Waals surface area contributed by atoms with Gasteiger partial charge in [-0.3, -0.25) is 4.79 Å². The fraction of sp³-hybridized carbons (Fsp3) is 0.308. The van der Waals surface area contributed by atoms with Gasteiger partial charge in [-0.25, -0.2) is 4.98 Å². The number of benzene rings is 2. The molecule has 1 aliphatic heterocycles. The zero-order valence-electron chi connectivity index (χ0n) is 17.5. The van der Waals surface area contributed by atoms with Crippen LogP contribution < -0.4 is 4.74 Å². The molecular weight excluding hydrogens is 408 g/mol. The summed E-state index contributed by atoms with van der Waals surface area (Å²) in [5.74, 6) is 1.82. The van der Waals surface area contributed by atoms with Crippen LogP contribution in [0.25, 0.3) is 10.9 Å². The number of rotatable bonds is 6. The van der Waals surface area contributed by atoms with Gasteiger partial charge in [0.2, 0.25) is 5.24 Å². The van der Waals surface area contributed by atoms with Crippen LogP contribution in [-0.4, -0.2) is 27.7 Å². The largest absolute Gasteiger partial charge is 0.487 e. The van der Waals surface area contributed by atoms with E-state index in [4.69, 9.17) is 21.3 Å². The molecule has 3 atom stereocenters. The van der Waals surface area contributed by atoms with E-state index >= 15 is 0 Å². The van der Waals surface area contributed by atoms with Gasteiger partial charge in [0.25, 0.3) is 0 Å². The number of ether oxygens (including phenoxy) is 1. The van der Waals surface area contributed by atoms with Crippen LogP contribution in [0.5, 0.6) is 5.75 Å². The van der Waals surface area contributed by atoms with Crippen LogP contribution in [0.3, 0.4) is 0 Å². The predicted octanol–water partition coefficient (Wildman–Crippen LogP) is 5.44. The molecule has 0 spiro atoms. The summed E-state index contributed by atoms with van der Waals surface area (Å²) in [5.41, 5.74) is 4.66. The minimum Gasteiger partial charge on any atom is -0.487 e. The van der Waals surface area contributed by atoms with Gasteiger partial charge in [0.1, 0.15) is 18.4 Å². The van der Waals surface area contributed by atoms with Gasteiger partial charge in [-0.1, -0.05) is 37.3 Å². The van der Waals surface area contributed by atoms with E-state index in [-0.39, 0.29) is 11.3 Å². The predicted molar refractivity (Wildman–Crippen MR) is 123 cm³/mol. The lowest BCUT2D eigenvalue weighted by atomic mass is 9.75.